The standard InChI is InChI=1S/C11H24N2O/c1-5-11(2,3)13(4)10(14)8-6-7-9-12/h5-9,12H2,1-4H3. The fourth-order valence-electron chi connectivity index (χ4n) is 1.16. The van der Waals surface area contributed by atoms with E-state index in [1.54, 1.807) is 0 Å². The summed E-state index contributed by atoms with van der Waals surface area (Å²) in [5.74, 6) is 0.227. The Bertz CT molecular complexity index is 178. The molecule has 0 aliphatic rings. The second-order valence-corrected chi connectivity index (χ2v) is 4.36. The molecule has 0 unspecified atom stereocenters. The second kappa shape index (κ2) is 6.02. The fourth-order valence-corrected chi connectivity index (χ4v) is 1.16. The molecule has 1 amide bonds. The van der Waals surface area contributed by atoms with Gasteiger partial charge in [0, 0.05) is 19.0 Å². The summed E-state index contributed by atoms with van der Waals surface area (Å²) in [4.78, 5) is 13.6. The van der Waals surface area contributed by atoms with E-state index in [0.717, 1.165) is 19.3 Å². The average molecular weight is 200 g/mol. The van der Waals surface area contributed by atoms with E-state index in [1.165, 1.54) is 0 Å². The van der Waals surface area contributed by atoms with Crippen LogP contribution in [0.4, 0.5) is 0 Å². The lowest BCUT2D eigenvalue weighted by Crippen LogP contribution is -2.44. The maximum Gasteiger partial charge on any atom is 0.222 e. The largest absolute Gasteiger partial charge is 0.341 e. The monoisotopic (exact) mass is 200 g/mol. The summed E-state index contributed by atoms with van der Waals surface area (Å²) in [5, 5.41) is 0. The molecular formula is C11H24N2O. The predicted molar refractivity (Wildman–Crippen MR) is 60.0 cm³/mol. The number of amides is 1. The number of hydrogen-bond acceptors (Lipinski definition) is 2. The van der Waals surface area contributed by atoms with Gasteiger partial charge in [0.2, 0.25) is 5.91 Å². The van der Waals surface area contributed by atoms with Crippen molar-refractivity contribution >= 4 is 5.91 Å². The van der Waals surface area contributed by atoms with Crippen molar-refractivity contribution in [3.8, 4) is 0 Å². The van der Waals surface area contributed by atoms with Crippen molar-refractivity contribution in [3.05, 3.63) is 0 Å². The zero-order valence-corrected chi connectivity index (χ0v) is 9.97. The van der Waals surface area contributed by atoms with Crippen LogP contribution in [0.25, 0.3) is 0 Å². The third-order valence-electron chi connectivity index (χ3n) is 2.99. The molecular weight excluding hydrogens is 176 g/mol. The minimum atomic E-state index is -0.0280. The van der Waals surface area contributed by atoms with Crippen LogP contribution in [0.1, 0.15) is 46.5 Å². The minimum Gasteiger partial charge on any atom is -0.341 e. The van der Waals surface area contributed by atoms with Gasteiger partial charge in [0.1, 0.15) is 0 Å². The van der Waals surface area contributed by atoms with E-state index in [9.17, 15) is 4.79 Å². The lowest BCUT2D eigenvalue weighted by Gasteiger charge is -2.35. The van der Waals surface area contributed by atoms with Crippen molar-refractivity contribution in [1.29, 1.82) is 0 Å². The van der Waals surface area contributed by atoms with Crippen molar-refractivity contribution in [1.82, 2.24) is 4.90 Å². The molecule has 0 fully saturated rings. The number of nitrogens with zero attached hydrogens (tertiary/aromatic N) is 1. The molecule has 0 aliphatic carbocycles. The van der Waals surface area contributed by atoms with E-state index < -0.39 is 0 Å². The quantitative estimate of drug-likeness (QED) is 0.664. The third kappa shape index (κ3) is 4.09. The molecule has 0 saturated carbocycles. The number of nitrogens with two attached hydrogens (primary N) is 1. The Kier molecular flexibility index (Phi) is 5.77. The van der Waals surface area contributed by atoms with Crippen LogP contribution in [0.3, 0.4) is 0 Å². The molecule has 0 aromatic carbocycles. The molecule has 0 spiro atoms. The van der Waals surface area contributed by atoms with E-state index in [2.05, 4.69) is 20.8 Å². The average Bonchev–Trinajstić information content (AvgIpc) is 2.17. The maximum absolute atomic E-state index is 11.7. The van der Waals surface area contributed by atoms with Crippen LogP contribution < -0.4 is 5.73 Å². The van der Waals surface area contributed by atoms with Gasteiger partial charge in [0.05, 0.1) is 0 Å². The smallest absolute Gasteiger partial charge is 0.222 e. The molecule has 0 rings (SSSR count). The second-order valence-electron chi connectivity index (χ2n) is 4.36. The number of carbonyl (C=O) groups is 1. The molecule has 2 N–H and O–H groups in total. The Labute approximate surface area is 87.6 Å². The van der Waals surface area contributed by atoms with Gasteiger partial charge in [-0.25, -0.2) is 0 Å². The molecule has 0 heterocycles. The molecule has 3 nitrogen and oxygen atoms in total. The van der Waals surface area contributed by atoms with E-state index in [1.807, 2.05) is 11.9 Å². The first kappa shape index (κ1) is 13.4. The molecule has 0 aliphatic heterocycles. The van der Waals surface area contributed by atoms with Gasteiger partial charge in [-0.05, 0) is 39.7 Å². The first-order valence-corrected chi connectivity index (χ1v) is 5.42. The van der Waals surface area contributed by atoms with Crippen molar-refractivity contribution < 1.29 is 4.79 Å². The minimum absolute atomic E-state index is 0.0280. The highest BCUT2D eigenvalue weighted by atomic mass is 16.2. The molecule has 3 heteroatoms. The first-order valence-electron chi connectivity index (χ1n) is 5.42. The highest BCUT2D eigenvalue weighted by Gasteiger charge is 2.24. The molecule has 0 aromatic rings. The van der Waals surface area contributed by atoms with Gasteiger partial charge in [-0.3, -0.25) is 4.79 Å². The van der Waals surface area contributed by atoms with Crippen LogP contribution in [-0.4, -0.2) is 29.9 Å². The third-order valence-corrected chi connectivity index (χ3v) is 2.99. The van der Waals surface area contributed by atoms with Gasteiger partial charge in [-0.1, -0.05) is 6.92 Å². The van der Waals surface area contributed by atoms with E-state index >= 15 is 0 Å². The van der Waals surface area contributed by atoms with Gasteiger partial charge in [-0.2, -0.15) is 0 Å². The topological polar surface area (TPSA) is 46.3 Å². The van der Waals surface area contributed by atoms with Gasteiger partial charge in [-0.15, -0.1) is 0 Å². The summed E-state index contributed by atoms with van der Waals surface area (Å²) >= 11 is 0. The first-order chi connectivity index (χ1) is 6.45. The van der Waals surface area contributed by atoms with Gasteiger partial charge in [0.15, 0.2) is 0 Å². The molecule has 0 aromatic heterocycles. The van der Waals surface area contributed by atoms with Crippen molar-refractivity contribution in [2.75, 3.05) is 13.6 Å². The number of unbranched alkanes of at least 4 members (excludes halogenated alkanes) is 1. The number of hydrogen-bond donors (Lipinski definition) is 1. The van der Waals surface area contributed by atoms with Gasteiger partial charge >= 0.3 is 0 Å². The maximum atomic E-state index is 11.7. The molecule has 0 atom stereocenters. The summed E-state index contributed by atoms with van der Waals surface area (Å²) in [5.41, 5.74) is 5.35. The van der Waals surface area contributed by atoms with Crippen molar-refractivity contribution in [2.45, 2.75) is 52.0 Å². The number of carbonyl (C=O) groups excluding carboxylic acids is 1. The molecule has 14 heavy (non-hydrogen) atoms. The van der Waals surface area contributed by atoms with Gasteiger partial charge in [0.25, 0.3) is 0 Å². The summed E-state index contributed by atoms with van der Waals surface area (Å²) in [6, 6.07) is 0. The van der Waals surface area contributed by atoms with Crippen molar-refractivity contribution in [3.63, 3.8) is 0 Å². The van der Waals surface area contributed by atoms with E-state index in [0.29, 0.717) is 13.0 Å². The van der Waals surface area contributed by atoms with Crippen LogP contribution in [0.2, 0.25) is 0 Å². The summed E-state index contributed by atoms with van der Waals surface area (Å²) in [7, 11) is 1.88. The Morgan fingerprint density at radius 3 is 2.36 bits per heavy atom. The molecule has 84 valence electrons. The van der Waals surface area contributed by atoms with Crippen LogP contribution in [0.5, 0.6) is 0 Å². The summed E-state index contributed by atoms with van der Waals surface area (Å²) in [6.45, 7) is 6.96. The van der Waals surface area contributed by atoms with Crippen LogP contribution in [0.15, 0.2) is 0 Å². The molecule has 0 radical (unpaired) electrons. The molecule has 0 bridgehead atoms. The normalized spacial score (nSPS) is 11.5. The fraction of sp³-hybridized carbons (Fsp3) is 0.909. The Hall–Kier alpha value is -0.570. The highest BCUT2D eigenvalue weighted by molar-refractivity contribution is 5.76. The highest BCUT2D eigenvalue weighted by Crippen LogP contribution is 2.17. The zero-order chi connectivity index (χ0) is 11.2. The lowest BCUT2D eigenvalue weighted by molar-refractivity contribution is -0.134. The van der Waals surface area contributed by atoms with Crippen molar-refractivity contribution in [2.24, 2.45) is 5.73 Å². The van der Waals surface area contributed by atoms with E-state index in [-0.39, 0.29) is 11.4 Å². The Morgan fingerprint density at radius 1 is 1.36 bits per heavy atom. The summed E-state index contributed by atoms with van der Waals surface area (Å²) < 4.78 is 0. The zero-order valence-electron chi connectivity index (χ0n) is 9.97. The van der Waals surface area contributed by atoms with E-state index in [4.69, 9.17) is 5.73 Å². The summed E-state index contributed by atoms with van der Waals surface area (Å²) in [6.07, 6.45) is 3.44. The Balaban J connectivity index is 3.99. The van der Waals surface area contributed by atoms with Gasteiger partial charge < -0.3 is 10.6 Å². The predicted octanol–water partition coefficient (Wildman–Crippen LogP) is 1.76. The van der Waals surface area contributed by atoms with Crippen LogP contribution >= 0.6 is 0 Å². The molecule has 0 saturated heterocycles. The van der Waals surface area contributed by atoms with Crippen LogP contribution in [0, 0.1) is 0 Å². The lowest BCUT2D eigenvalue weighted by atomic mass is 9.99. The van der Waals surface area contributed by atoms with Crippen LogP contribution in [-0.2, 0) is 4.79 Å². The Morgan fingerprint density at radius 2 is 1.93 bits per heavy atom. The SMILES string of the molecule is CCC(C)(C)N(C)C(=O)CCCCN. The number of rotatable bonds is 6.